The molecule has 0 aliphatic carbocycles. The summed E-state index contributed by atoms with van der Waals surface area (Å²) in [5.41, 5.74) is 3.93. The zero-order valence-corrected chi connectivity index (χ0v) is 11.8. The van der Waals surface area contributed by atoms with Crippen LogP contribution in [0.25, 0.3) is 11.0 Å². The molecule has 21 heavy (non-hydrogen) atoms. The standard InChI is InChI=1S/C16H16N4O/c1-21-11-13-6-4-5-12(9-13)10-17-16-18-14-7-2-3-8-15(14)19-20-16/h2-9H,10-11H2,1H3,(H,17,18,20). The first kappa shape index (κ1) is 13.5. The normalized spacial score (nSPS) is 10.7. The maximum atomic E-state index is 5.14. The molecule has 0 fully saturated rings. The fourth-order valence-corrected chi connectivity index (χ4v) is 2.13. The molecule has 0 amide bonds. The predicted molar refractivity (Wildman–Crippen MR) is 81.8 cm³/mol. The van der Waals surface area contributed by atoms with Gasteiger partial charge in [0, 0.05) is 13.7 Å². The molecule has 106 valence electrons. The lowest BCUT2D eigenvalue weighted by Crippen LogP contribution is -2.05. The lowest BCUT2D eigenvalue weighted by Gasteiger charge is -2.07. The number of fused-ring (bicyclic) bond motifs is 1. The summed E-state index contributed by atoms with van der Waals surface area (Å²) in [7, 11) is 1.69. The van der Waals surface area contributed by atoms with Crippen molar-refractivity contribution in [3.63, 3.8) is 0 Å². The quantitative estimate of drug-likeness (QED) is 0.778. The Morgan fingerprint density at radius 1 is 0.952 bits per heavy atom. The molecule has 5 nitrogen and oxygen atoms in total. The highest BCUT2D eigenvalue weighted by Crippen LogP contribution is 2.11. The van der Waals surface area contributed by atoms with Gasteiger partial charge in [-0.3, -0.25) is 0 Å². The van der Waals surface area contributed by atoms with Gasteiger partial charge in [-0.25, -0.2) is 4.98 Å². The summed E-state index contributed by atoms with van der Waals surface area (Å²) < 4.78 is 5.14. The van der Waals surface area contributed by atoms with E-state index in [0.717, 1.165) is 22.2 Å². The Kier molecular flexibility index (Phi) is 4.02. The van der Waals surface area contributed by atoms with Crippen LogP contribution < -0.4 is 5.32 Å². The summed E-state index contributed by atoms with van der Waals surface area (Å²) in [5.74, 6) is 0.533. The first-order chi connectivity index (χ1) is 10.3. The van der Waals surface area contributed by atoms with Crippen molar-refractivity contribution in [2.24, 2.45) is 0 Å². The number of methoxy groups -OCH3 is 1. The van der Waals surface area contributed by atoms with Gasteiger partial charge in [-0.1, -0.05) is 36.4 Å². The van der Waals surface area contributed by atoms with Crippen molar-refractivity contribution >= 4 is 17.0 Å². The van der Waals surface area contributed by atoms with E-state index < -0.39 is 0 Å². The van der Waals surface area contributed by atoms with Crippen LogP contribution in [0.3, 0.4) is 0 Å². The second kappa shape index (κ2) is 6.28. The number of nitrogens with one attached hydrogen (secondary N) is 1. The molecule has 3 aromatic rings. The zero-order chi connectivity index (χ0) is 14.5. The van der Waals surface area contributed by atoms with Crippen molar-refractivity contribution < 1.29 is 4.74 Å². The molecule has 0 saturated carbocycles. The van der Waals surface area contributed by atoms with E-state index in [9.17, 15) is 0 Å². The summed E-state index contributed by atoms with van der Waals surface area (Å²) in [6.45, 7) is 1.26. The van der Waals surface area contributed by atoms with E-state index in [1.807, 2.05) is 36.4 Å². The maximum absolute atomic E-state index is 5.14. The number of para-hydroxylation sites is 1. The molecule has 0 atom stereocenters. The monoisotopic (exact) mass is 280 g/mol. The Morgan fingerprint density at radius 3 is 2.62 bits per heavy atom. The zero-order valence-electron chi connectivity index (χ0n) is 11.8. The van der Waals surface area contributed by atoms with E-state index in [1.54, 1.807) is 7.11 Å². The van der Waals surface area contributed by atoms with E-state index in [2.05, 4.69) is 32.6 Å². The van der Waals surface area contributed by atoms with E-state index in [4.69, 9.17) is 4.74 Å². The lowest BCUT2D eigenvalue weighted by atomic mass is 10.1. The van der Waals surface area contributed by atoms with Gasteiger partial charge in [0.15, 0.2) is 0 Å². The topological polar surface area (TPSA) is 59.9 Å². The van der Waals surface area contributed by atoms with Crippen LogP contribution in [0.15, 0.2) is 48.5 Å². The van der Waals surface area contributed by atoms with Gasteiger partial charge in [0.2, 0.25) is 5.95 Å². The van der Waals surface area contributed by atoms with Gasteiger partial charge in [0.1, 0.15) is 5.52 Å². The van der Waals surface area contributed by atoms with Crippen LogP contribution in [0.4, 0.5) is 5.95 Å². The lowest BCUT2D eigenvalue weighted by molar-refractivity contribution is 0.185. The van der Waals surface area contributed by atoms with Gasteiger partial charge in [0.25, 0.3) is 0 Å². The van der Waals surface area contributed by atoms with E-state index in [0.29, 0.717) is 19.1 Å². The van der Waals surface area contributed by atoms with Crippen LogP contribution in [0, 0.1) is 0 Å². The van der Waals surface area contributed by atoms with Crippen molar-refractivity contribution in [2.75, 3.05) is 12.4 Å². The molecular formula is C16H16N4O. The number of benzene rings is 2. The molecule has 0 spiro atoms. The van der Waals surface area contributed by atoms with Crippen molar-refractivity contribution in [3.8, 4) is 0 Å². The number of hydrogen-bond acceptors (Lipinski definition) is 5. The average molecular weight is 280 g/mol. The first-order valence-corrected chi connectivity index (χ1v) is 6.75. The van der Waals surface area contributed by atoms with Gasteiger partial charge >= 0.3 is 0 Å². The van der Waals surface area contributed by atoms with E-state index >= 15 is 0 Å². The van der Waals surface area contributed by atoms with Crippen LogP contribution in [0.1, 0.15) is 11.1 Å². The summed E-state index contributed by atoms with van der Waals surface area (Å²) in [5, 5.41) is 11.4. The van der Waals surface area contributed by atoms with Crippen LogP contribution in [-0.2, 0) is 17.9 Å². The highest BCUT2D eigenvalue weighted by Gasteiger charge is 2.01. The number of anilines is 1. The van der Waals surface area contributed by atoms with Crippen molar-refractivity contribution in [2.45, 2.75) is 13.2 Å². The van der Waals surface area contributed by atoms with Gasteiger partial charge in [-0.05, 0) is 23.3 Å². The first-order valence-electron chi connectivity index (χ1n) is 6.75. The average Bonchev–Trinajstić information content (AvgIpc) is 2.53. The molecule has 2 aromatic carbocycles. The SMILES string of the molecule is COCc1cccc(CNc2nnc3ccccc3n2)c1. The Bertz CT molecular complexity index is 745. The fraction of sp³-hybridized carbons (Fsp3) is 0.188. The maximum Gasteiger partial charge on any atom is 0.243 e. The van der Waals surface area contributed by atoms with Gasteiger partial charge in [-0.15, -0.1) is 10.2 Å². The molecule has 3 rings (SSSR count). The van der Waals surface area contributed by atoms with E-state index in [-0.39, 0.29) is 0 Å². The molecule has 0 saturated heterocycles. The largest absolute Gasteiger partial charge is 0.380 e. The molecule has 0 radical (unpaired) electrons. The van der Waals surface area contributed by atoms with Crippen LogP contribution in [-0.4, -0.2) is 22.3 Å². The summed E-state index contributed by atoms with van der Waals surface area (Å²) in [6, 6.07) is 15.9. The second-order valence-electron chi connectivity index (χ2n) is 4.73. The van der Waals surface area contributed by atoms with E-state index in [1.165, 1.54) is 0 Å². The smallest absolute Gasteiger partial charge is 0.243 e. The highest BCUT2D eigenvalue weighted by atomic mass is 16.5. The minimum Gasteiger partial charge on any atom is -0.380 e. The molecule has 5 heteroatoms. The third-order valence-electron chi connectivity index (χ3n) is 3.11. The van der Waals surface area contributed by atoms with Gasteiger partial charge < -0.3 is 10.1 Å². The second-order valence-corrected chi connectivity index (χ2v) is 4.73. The van der Waals surface area contributed by atoms with Crippen molar-refractivity contribution in [1.29, 1.82) is 0 Å². The van der Waals surface area contributed by atoms with Crippen molar-refractivity contribution in [3.05, 3.63) is 59.7 Å². The molecular weight excluding hydrogens is 264 g/mol. The number of nitrogens with zero attached hydrogens (tertiary/aromatic N) is 3. The summed E-state index contributed by atoms with van der Waals surface area (Å²) in [6.07, 6.45) is 0. The Labute approximate surface area is 123 Å². The van der Waals surface area contributed by atoms with Gasteiger partial charge in [-0.2, -0.15) is 0 Å². The summed E-state index contributed by atoms with van der Waals surface area (Å²) in [4.78, 5) is 4.44. The summed E-state index contributed by atoms with van der Waals surface area (Å²) >= 11 is 0. The van der Waals surface area contributed by atoms with Gasteiger partial charge in [0.05, 0.1) is 12.1 Å². The van der Waals surface area contributed by atoms with Crippen LogP contribution in [0.2, 0.25) is 0 Å². The van der Waals surface area contributed by atoms with Crippen LogP contribution >= 0.6 is 0 Å². The Morgan fingerprint density at radius 2 is 1.76 bits per heavy atom. The predicted octanol–water partition coefficient (Wildman–Crippen LogP) is 2.78. The minimum absolute atomic E-state index is 0.533. The fourth-order valence-electron chi connectivity index (χ4n) is 2.13. The molecule has 0 unspecified atom stereocenters. The molecule has 1 aromatic heterocycles. The number of hydrogen-bond donors (Lipinski definition) is 1. The Hall–Kier alpha value is -2.53. The minimum atomic E-state index is 0.533. The molecule has 1 N–H and O–H groups in total. The number of rotatable bonds is 5. The Balaban J connectivity index is 1.72. The number of ether oxygens (including phenoxy) is 1. The van der Waals surface area contributed by atoms with Crippen LogP contribution in [0.5, 0.6) is 0 Å². The number of aromatic nitrogens is 3. The third-order valence-corrected chi connectivity index (χ3v) is 3.11. The highest BCUT2D eigenvalue weighted by molar-refractivity contribution is 5.74. The van der Waals surface area contributed by atoms with Crippen molar-refractivity contribution in [1.82, 2.24) is 15.2 Å². The molecule has 0 bridgehead atoms. The molecule has 0 aliphatic heterocycles. The molecule has 1 heterocycles. The third kappa shape index (κ3) is 3.32. The molecule has 0 aliphatic rings.